The number of halogens is 1. The predicted octanol–water partition coefficient (Wildman–Crippen LogP) is 5.54. The van der Waals surface area contributed by atoms with Crippen molar-refractivity contribution in [2.75, 3.05) is 0 Å². The number of benzene rings is 3. The van der Waals surface area contributed by atoms with Crippen molar-refractivity contribution in [2.24, 2.45) is 0 Å². The fraction of sp³-hybridized carbons (Fsp3) is 0. The third kappa shape index (κ3) is 3.08. The SMILES string of the molecule is N#Cc1ccc(Oc2cccc(Cl)c2-c2ccccc2)cc1C#N. The van der Waals surface area contributed by atoms with Crippen LogP contribution in [0, 0.1) is 22.7 Å². The Hall–Kier alpha value is -3.27. The second-order valence-corrected chi connectivity index (χ2v) is 5.42. The minimum absolute atomic E-state index is 0.276. The Morgan fingerprint density at radius 2 is 1.54 bits per heavy atom. The summed E-state index contributed by atoms with van der Waals surface area (Å²) in [5.41, 5.74) is 2.31. The average molecular weight is 331 g/mol. The van der Waals surface area contributed by atoms with E-state index in [1.165, 1.54) is 0 Å². The second-order valence-electron chi connectivity index (χ2n) is 5.01. The van der Waals surface area contributed by atoms with Gasteiger partial charge in [0.1, 0.15) is 23.6 Å². The highest BCUT2D eigenvalue weighted by Gasteiger charge is 2.12. The maximum absolute atomic E-state index is 9.14. The molecular weight excluding hydrogens is 320 g/mol. The van der Waals surface area contributed by atoms with Gasteiger partial charge in [-0.05, 0) is 35.9 Å². The van der Waals surface area contributed by atoms with Crippen molar-refractivity contribution >= 4 is 11.6 Å². The minimum atomic E-state index is 0.276. The number of rotatable bonds is 3. The zero-order valence-corrected chi connectivity index (χ0v) is 13.3. The number of nitriles is 2. The lowest BCUT2D eigenvalue weighted by atomic mass is 10.0. The van der Waals surface area contributed by atoms with Gasteiger partial charge in [-0.2, -0.15) is 10.5 Å². The molecule has 0 radical (unpaired) electrons. The van der Waals surface area contributed by atoms with Crippen molar-refractivity contribution < 1.29 is 4.74 Å². The lowest BCUT2D eigenvalue weighted by Gasteiger charge is -2.13. The van der Waals surface area contributed by atoms with E-state index in [1.54, 1.807) is 30.3 Å². The summed E-state index contributed by atoms with van der Waals surface area (Å²) in [6.45, 7) is 0. The van der Waals surface area contributed by atoms with Crippen LogP contribution in [0.4, 0.5) is 0 Å². The molecule has 0 N–H and O–H groups in total. The molecule has 0 aliphatic carbocycles. The smallest absolute Gasteiger partial charge is 0.136 e. The number of hydrogen-bond acceptors (Lipinski definition) is 3. The average Bonchev–Trinajstić information content (AvgIpc) is 2.62. The Labute approximate surface area is 144 Å². The van der Waals surface area contributed by atoms with Crippen LogP contribution in [0.5, 0.6) is 11.5 Å². The highest BCUT2D eigenvalue weighted by Crippen LogP contribution is 2.38. The van der Waals surface area contributed by atoms with Gasteiger partial charge in [0.25, 0.3) is 0 Å². The number of hydrogen-bond donors (Lipinski definition) is 0. The summed E-state index contributed by atoms with van der Waals surface area (Å²) in [4.78, 5) is 0. The van der Waals surface area contributed by atoms with Crippen molar-refractivity contribution in [3.8, 4) is 34.8 Å². The Kier molecular flexibility index (Phi) is 4.47. The van der Waals surface area contributed by atoms with Crippen LogP contribution < -0.4 is 4.74 Å². The van der Waals surface area contributed by atoms with Gasteiger partial charge < -0.3 is 4.74 Å². The molecule has 3 nitrogen and oxygen atoms in total. The Morgan fingerprint density at radius 1 is 0.792 bits per heavy atom. The molecule has 114 valence electrons. The fourth-order valence-electron chi connectivity index (χ4n) is 2.38. The van der Waals surface area contributed by atoms with E-state index < -0.39 is 0 Å². The van der Waals surface area contributed by atoms with Gasteiger partial charge in [-0.3, -0.25) is 0 Å². The fourth-order valence-corrected chi connectivity index (χ4v) is 2.65. The first-order valence-electron chi connectivity index (χ1n) is 7.19. The summed E-state index contributed by atoms with van der Waals surface area (Å²) in [6.07, 6.45) is 0. The molecule has 0 aliphatic heterocycles. The molecule has 3 aromatic rings. The largest absolute Gasteiger partial charge is 0.457 e. The van der Waals surface area contributed by atoms with E-state index in [-0.39, 0.29) is 5.56 Å². The first-order chi connectivity index (χ1) is 11.7. The summed E-state index contributed by atoms with van der Waals surface area (Å²) < 4.78 is 5.94. The van der Waals surface area contributed by atoms with E-state index >= 15 is 0 Å². The van der Waals surface area contributed by atoms with Crippen molar-refractivity contribution in [3.05, 3.63) is 82.9 Å². The summed E-state index contributed by atoms with van der Waals surface area (Å²) in [5, 5.41) is 18.7. The predicted molar refractivity (Wildman–Crippen MR) is 92.8 cm³/mol. The molecule has 0 atom stereocenters. The summed E-state index contributed by atoms with van der Waals surface area (Å²) in [6, 6.07) is 23.9. The first-order valence-corrected chi connectivity index (χ1v) is 7.57. The van der Waals surface area contributed by atoms with Crippen LogP contribution in [0.1, 0.15) is 11.1 Å². The number of nitrogens with zero attached hydrogens (tertiary/aromatic N) is 2. The van der Waals surface area contributed by atoms with Crippen LogP contribution in [0.25, 0.3) is 11.1 Å². The van der Waals surface area contributed by atoms with Crippen LogP contribution in [0.3, 0.4) is 0 Å². The molecule has 0 amide bonds. The molecule has 0 saturated carbocycles. The third-order valence-electron chi connectivity index (χ3n) is 3.50. The zero-order valence-electron chi connectivity index (χ0n) is 12.5. The third-order valence-corrected chi connectivity index (χ3v) is 3.81. The Morgan fingerprint density at radius 3 is 2.25 bits per heavy atom. The lowest BCUT2D eigenvalue weighted by molar-refractivity contribution is 0.484. The number of ether oxygens (including phenoxy) is 1. The molecule has 0 saturated heterocycles. The molecule has 0 aliphatic rings. The van der Waals surface area contributed by atoms with Gasteiger partial charge in [-0.15, -0.1) is 0 Å². The molecule has 3 aromatic carbocycles. The van der Waals surface area contributed by atoms with Crippen LogP contribution in [0.15, 0.2) is 66.7 Å². The van der Waals surface area contributed by atoms with Crippen molar-refractivity contribution in [1.82, 2.24) is 0 Å². The van der Waals surface area contributed by atoms with Gasteiger partial charge in [0.05, 0.1) is 16.1 Å². The molecule has 0 fully saturated rings. The highest BCUT2D eigenvalue weighted by molar-refractivity contribution is 6.33. The van der Waals surface area contributed by atoms with Crippen LogP contribution in [-0.4, -0.2) is 0 Å². The van der Waals surface area contributed by atoms with Crippen LogP contribution >= 0.6 is 11.6 Å². The molecular formula is C20H11ClN2O. The van der Waals surface area contributed by atoms with Gasteiger partial charge >= 0.3 is 0 Å². The second kappa shape index (κ2) is 6.87. The molecule has 0 spiro atoms. The van der Waals surface area contributed by atoms with Crippen LogP contribution in [0.2, 0.25) is 5.02 Å². The van der Waals surface area contributed by atoms with Crippen molar-refractivity contribution in [1.29, 1.82) is 10.5 Å². The van der Waals surface area contributed by atoms with Gasteiger partial charge in [0.2, 0.25) is 0 Å². The van der Waals surface area contributed by atoms with E-state index in [9.17, 15) is 0 Å². The standard InChI is InChI=1S/C20H11ClN2O/c21-18-7-4-8-19(20(18)14-5-2-1-3-6-14)24-17-10-9-15(12-22)16(11-17)13-23/h1-11H. The molecule has 0 unspecified atom stereocenters. The highest BCUT2D eigenvalue weighted by atomic mass is 35.5. The maximum atomic E-state index is 9.14. The normalized spacial score (nSPS) is 9.79. The first kappa shape index (κ1) is 15.6. The molecule has 24 heavy (non-hydrogen) atoms. The van der Waals surface area contributed by atoms with Crippen molar-refractivity contribution in [3.63, 3.8) is 0 Å². The topological polar surface area (TPSA) is 56.8 Å². The Bertz CT molecular complexity index is 969. The van der Waals surface area contributed by atoms with Gasteiger partial charge in [-0.25, -0.2) is 0 Å². The van der Waals surface area contributed by atoms with E-state index in [2.05, 4.69) is 0 Å². The van der Waals surface area contributed by atoms with E-state index in [0.29, 0.717) is 22.1 Å². The van der Waals surface area contributed by atoms with E-state index in [1.807, 2.05) is 48.5 Å². The lowest BCUT2D eigenvalue weighted by Crippen LogP contribution is -1.91. The summed E-state index contributed by atoms with van der Waals surface area (Å²) >= 11 is 6.36. The summed E-state index contributed by atoms with van der Waals surface area (Å²) in [5.74, 6) is 1.06. The Balaban J connectivity index is 2.05. The van der Waals surface area contributed by atoms with Gasteiger partial charge in [0.15, 0.2) is 0 Å². The van der Waals surface area contributed by atoms with E-state index in [4.69, 9.17) is 26.9 Å². The van der Waals surface area contributed by atoms with E-state index in [0.717, 1.165) is 11.1 Å². The molecule has 0 bridgehead atoms. The quantitative estimate of drug-likeness (QED) is 0.633. The zero-order chi connectivity index (χ0) is 16.9. The van der Waals surface area contributed by atoms with Crippen molar-refractivity contribution in [2.45, 2.75) is 0 Å². The molecule has 4 heteroatoms. The monoisotopic (exact) mass is 330 g/mol. The molecule has 3 rings (SSSR count). The summed E-state index contributed by atoms with van der Waals surface area (Å²) in [7, 11) is 0. The molecule has 0 aromatic heterocycles. The van der Waals surface area contributed by atoms with Gasteiger partial charge in [0, 0.05) is 5.56 Å². The molecule has 0 heterocycles. The maximum Gasteiger partial charge on any atom is 0.136 e. The minimum Gasteiger partial charge on any atom is -0.457 e. The van der Waals surface area contributed by atoms with Gasteiger partial charge in [-0.1, -0.05) is 48.0 Å². The van der Waals surface area contributed by atoms with Crippen LogP contribution in [-0.2, 0) is 0 Å².